The Morgan fingerprint density at radius 1 is 1.47 bits per heavy atom. The molecule has 0 aliphatic heterocycles. The van der Waals surface area contributed by atoms with Gasteiger partial charge in [0, 0.05) is 22.0 Å². The van der Waals surface area contributed by atoms with Crippen LogP contribution in [0.4, 0.5) is 0 Å². The lowest BCUT2D eigenvalue weighted by Gasteiger charge is -2.07. The summed E-state index contributed by atoms with van der Waals surface area (Å²) in [6, 6.07) is 4.05. The monoisotopic (exact) mass is 334 g/mol. The zero-order valence-corrected chi connectivity index (χ0v) is 12.0. The average Bonchev–Trinajstić information content (AvgIpc) is 2.26. The fraction of sp³-hybridized carbons (Fsp3) is 0.545. The molecule has 4 heteroatoms. The topological polar surface area (TPSA) is 24.9 Å². The molecule has 0 amide bonds. The van der Waals surface area contributed by atoms with Gasteiger partial charge < -0.3 is 5.32 Å². The number of nitrogens with zero attached hydrogens (tertiary/aromatic N) is 1. The van der Waals surface area contributed by atoms with E-state index in [1.54, 1.807) is 0 Å². The molecule has 0 aliphatic rings. The molecule has 1 aromatic heterocycles. The minimum atomic E-state index is 0.628. The Labute approximate surface area is 108 Å². The summed E-state index contributed by atoms with van der Waals surface area (Å²) >= 11 is 6.98. The number of nitrogens with one attached hydrogen (secondary N) is 1. The van der Waals surface area contributed by atoms with Crippen molar-refractivity contribution in [3.8, 4) is 0 Å². The Balaban J connectivity index is 2.17. The van der Waals surface area contributed by atoms with E-state index in [1.165, 1.54) is 6.42 Å². The molecule has 84 valence electrons. The zero-order chi connectivity index (χ0) is 11.1. The molecule has 15 heavy (non-hydrogen) atoms. The third kappa shape index (κ3) is 5.64. The molecule has 0 aromatic carbocycles. The van der Waals surface area contributed by atoms with Crippen molar-refractivity contribution in [3.63, 3.8) is 0 Å². The summed E-state index contributed by atoms with van der Waals surface area (Å²) in [5.41, 5.74) is 1.08. The van der Waals surface area contributed by atoms with Crippen molar-refractivity contribution in [1.29, 1.82) is 0 Å². The van der Waals surface area contributed by atoms with Crippen molar-refractivity contribution in [2.45, 2.75) is 31.1 Å². The molecule has 1 N–H and O–H groups in total. The highest BCUT2D eigenvalue weighted by molar-refractivity contribution is 9.10. The van der Waals surface area contributed by atoms with Gasteiger partial charge in [0.05, 0.1) is 5.69 Å². The zero-order valence-electron chi connectivity index (χ0n) is 8.84. The summed E-state index contributed by atoms with van der Waals surface area (Å²) in [7, 11) is 0. The SMILES string of the molecule is CCC(Br)CCNCc1ccc(Br)cn1. The van der Waals surface area contributed by atoms with E-state index in [1.807, 2.05) is 18.3 Å². The van der Waals surface area contributed by atoms with Crippen LogP contribution in [0.2, 0.25) is 0 Å². The number of hydrogen-bond acceptors (Lipinski definition) is 2. The highest BCUT2D eigenvalue weighted by atomic mass is 79.9. The summed E-state index contributed by atoms with van der Waals surface area (Å²) in [5.74, 6) is 0. The fourth-order valence-electron chi connectivity index (χ4n) is 1.19. The van der Waals surface area contributed by atoms with E-state index in [-0.39, 0.29) is 0 Å². The summed E-state index contributed by atoms with van der Waals surface area (Å²) in [6.45, 7) is 4.06. The van der Waals surface area contributed by atoms with Gasteiger partial charge in [0.1, 0.15) is 0 Å². The van der Waals surface area contributed by atoms with Crippen molar-refractivity contribution in [2.75, 3.05) is 6.54 Å². The lowest BCUT2D eigenvalue weighted by Crippen LogP contribution is -2.18. The lowest BCUT2D eigenvalue weighted by atomic mass is 10.2. The van der Waals surface area contributed by atoms with Crippen LogP contribution in [0.3, 0.4) is 0 Å². The maximum atomic E-state index is 4.29. The number of hydrogen-bond donors (Lipinski definition) is 1. The molecule has 0 saturated heterocycles. The van der Waals surface area contributed by atoms with Gasteiger partial charge in [-0.15, -0.1) is 0 Å². The number of alkyl halides is 1. The minimum Gasteiger partial charge on any atom is -0.311 e. The van der Waals surface area contributed by atoms with Gasteiger partial charge in [-0.1, -0.05) is 22.9 Å². The van der Waals surface area contributed by atoms with E-state index < -0.39 is 0 Å². The highest BCUT2D eigenvalue weighted by Gasteiger charge is 1.99. The molecule has 1 rings (SSSR count). The minimum absolute atomic E-state index is 0.628. The first-order chi connectivity index (χ1) is 7.22. The molecule has 0 radical (unpaired) electrons. The molecule has 0 spiro atoms. The van der Waals surface area contributed by atoms with Crippen LogP contribution in [-0.2, 0) is 6.54 Å². The standard InChI is InChI=1S/C11H16Br2N2/c1-2-9(12)5-6-14-8-11-4-3-10(13)7-15-11/h3-4,7,9,14H,2,5-6,8H2,1H3. The molecule has 1 heterocycles. The molecule has 0 bridgehead atoms. The number of aromatic nitrogens is 1. The van der Waals surface area contributed by atoms with E-state index in [0.717, 1.165) is 29.7 Å². The van der Waals surface area contributed by atoms with Crippen molar-refractivity contribution in [2.24, 2.45) is 0 Å². The summed E-state index contributed by atoms with van der Waals surface area (Å²) in [5, 5.41) is 3.38. The quantitative estimate of drug-likeness (QED) is 0.635. The smallest absolute Gasteiger partial charge is 0.0542 e. The average molecular weight is 336 g/mol. The van der Waals surface area contributed by atoms with E-state index in [0.29, 0.717) is 4.83 Å². The Morgan fingerprint density at radius 2 is 2.27 bits per heavy atom. The van der Waals surface area contributed by atoms with Gasteiger partial charge in [-0.25, -0.2) is 0 Å². The van der Waals surface area contributed by atoms with E-state index >= 15 is 0 Å². The van der Waals surface area contributed by atoms with Gasteiger partial charge in [0.2, 0.25) is 0 Å². The van der Waals surface area contributed by atoms with Gasteiger partial charge in [0.25, 0.3) is 0 Å². The van der Waals surface area contributed by atoms with Crippen molar-refractivity contribution in [1.82, 2.24) is 10.3 Å². The van der Waals surface area contributed by atoms with E-state index in [2.05, 4.69) is 49.1 Å². The van der Waals surface area contributed by atoms with Gasteiger partial charge in [0.15, 0.2) is 0 Å². The third-order valence-corrected chi connectivity index (χ3v) is 3.75. The van der Waals surface area contributed by atoms with Crippen LogP contribution in [0.5, 0.6) is 0 Å². The Kier molecular flexibility index (Phi) is 6.45. The van der Waals surface area contributed by atoms with Crippen molar-refractivity contribution >= 4 is 31.9 Å². The molecule has 0 aliphatic carbocycles. The van der Waals surface area contributed by atoms with Crippen LogP contribution in [0.25, 0.3) is 0 Å². The fourth-order valence-corrected chi connectivity index (χ4v) is 1.65. The Hall–Kier alpha value is 0.0700. The molecule has 0 saturated carbocycles. The number of rotatable bonds is 6. The Bertz CT molecular complexity index is 274. The third-order valence-electron chi connectivity index (χ3n) is 2.17. The predicted octanol–water partition coefficient (Wildman–Crippen LogP) is 3.50. The van der Waals surface area contributed by atoms with E-state index in [9.17, 15) is 0 Å². The maximum absolute atomic E-state index is 4.29. The first-order valence-corrected chi connectivity index (χ1v) is 6.88. The van der Waals surface area contributed by atoms with Crippen molar-refractivity contribution < 1.29 is 0 Å². The first-order valence-electron chi connectivity index (χ1n) is 5.17. The van der Waals surface area contributed by atoms with E-state index in [4.69, 9.17) is 0 Å². The van der Waals surface area contributed by atoms with Gasteiger partial charge in [-0.05, 0) is 47.4 Å². The summed E-state index contributed by atoms with van der Waals surface area (Å²) in [6.07, 6.45) is 4.17. The van der Waals surface area contributed by atoms with Crippen LogP contribution < -0.4 is 5.32 Å². The lowest BCUT2D eigenvalue weighted by molar-refractivity contribution is 0.623. The van der Waals surface area contributed by atoms with Gasteiger partial charge in [-0.2, -0.15) is 0 Å². The van der Waals surface area contributed by atoms with Gasteiger partial charge in [-0.3, -0.25) is 4.98 Å². The summed E-state index contributed by atoms with van der Waals surface area (Å²) < 4.78 is 1.03. The first kappa shape index (κ1) is 13.1. The van der Waals surface area contributed by atoms with Crippen LogP contribution in [0.1, 0.15) is 25.5 Å². The molecule has 1 aromatic rings. The molecule has 1 unspecified atom stereocenters. The largest absolute Gasteiger partial charge is 0.311 e. The normalized spacial score (nSPS) is 12.7. The molecule has 1 atom stereocenters. The predicted molar refractivity (Wildman–Crippen MR) is 71.3 cm³/mol. The molecule has 0 fully saturated rings. The van der Waals surface area contributed by atoms with Gasteiger partial charge >= 0.3 is 0 Å². The maximum Gasteiger partial charge on any atom is 0.0542 e. The molecular weight excluding hydrogens is 320 g/mol. The molecule has 2 nitrogen and oxygen atoms in total. The van der Waals surface area contributed by atoms with Crippen LogP contribution in [0, 0.1) is 0 Å². The summed E-state index contributed by atoms with van der Waals surface area (Å²) in [4.78, 5) is 4.92. The highest BCUT2D eigenvalue weighted by Crippen LogP contribution is 2.09. The molecular formula is C11H16Br2N2. The second-order valence-corrected chi connectivity index (χ2v) is 5.65. The van der Waals surface area contributed by atoms with Crippen LogP contribution >= 0.6 is 31.9 Å². The number of pyridine rings is 1. The van der Waals surface area contributed by atoms with Crippen molar-refractivity contribution in [3.05, 3.63) is 28.5 Å². The second kappa shape index (κ2) is 7.36. The number of halogens is 2. The Morgan fingerprint density at radius 3 is 2.87 bits per heavy atom. The van der Waals surface area contributed by atoms with Crippen LogP contribution in [-0.4, -0.2) is 16.4 Å². The second-order valence-electron chi connectivity index (χ2n) is 3.44. The van der Waals surface area contributed by atoms with Crippen LogP contribution in [0.15, 0.2) is 22.8 Å².